The molecule has 0 spiro atoms. The Hall–Kier alpha value is -1.99. The molecule has 0 amide bonds. The molecule has 0 unspecified atom stereocenters. The summed E-state index contributed by atoms with van der Waals surface area (Å²) in [4.78, 5) is 3.96. The molecule has 0 heterocycles. The third-order valence-corrected chi connectivity index (χ3v) is 12.9. The van der Waals surface area contributed by atoms with Crippen molar-refractivity contribution >= 4 is 30.4 Å². The number of ether oxygens (including phenoxy) is 2. The summed E-state index contributed by atoms with van der Waals surface area (Å²) in [5.74, 6) is 1.96. The second-order valence-electron chi connectivity index (χ2n) is 16.4. The van der Waals surface area contributed by atoms with Crippen LogP contribution in [0.1, 0.15) is 194 Å². The molecule has 0 aliphatic rings. The fourth-order valence-corrected chi connectivity index (χ4v) is 9.34. The molecule has 344 valence electrons. The molecule has 0 aromatic heterocycles. The molecule has 0 fully saturated rings. The van der Waals surface area contributed by atoms with Crippen LogP contribution in [0, 0.1) is 0 Å². The third-order valence-electron chi connectivity index (χ3n) is 10.6. The van der Waals surface area contributed by atoms with E-state index >= 15 is 0 Å². The Morgan fingerprint density at radius 2 is 0.567 bits per heavy atom. The number of hydrogen-bond acceptors (Lipinski definition) is 2. The van der Waals surface area contributed by atoms with Gasteiger partial charge in [0.05, 0.1) is 24.1 Å². The molecule has 3 rings (SSSR count). The van der Waals surface area contributed by atoms with E-state index in [2.05, 4.69) is 92.7 Å². The zero-order chi connectivity index (χ0) is 43.7. The normalized spacial score (nSPS) is 12.8. The van der Waals surface area contributed by atoms with Gasteiger partial charge < -0.3 is 9.47 Å². The van der Waals surface area contributed by atoms with E-state index in [-0.39, 0.29) is 10.9 Å². The van der Waals surface area contributed by atoms with Crippen LogP contribution in [0.2, 0.25) is 0 Å². The SMILES string of the molecule is CCCCCCCCCCCCCCCCOc1ccc([S+](c2ccccc2)c2ccc(OCCCCCCCCCCCCCCCC)cc2)cc1.[F][Sb-]([F])([F])([F])([F])[F]. The van der Waals surface area contributed by atoms with E-state index in [1.807, 2.05) is 0 Å². The molecule has 0 N–H and O–H groups in total. The first-order valence-corrected chi connectivity index (χ1v) is 30.6. The quantitative estimate of drug-likeness (QED) is 0.0253. The molecule has 10 heteroatoms. The van der Waals surface area contributed by atoms with E-state index in [1.54, 1.807) is 0 Å². The Balaban J connectivity index is 0.00000162. The fraction of sp³-hybridized carbons (Fsp3) is 0.640. The number of unbranched alkanes of at least 4 members (excludes halogenated alkanes) is 26. The van der Waals surface area contributed by atoms with Crippen molar-refractivity contribution in [1.82, 2.24) is 0 Å². The number of rotatable bonds is 35. The standard InChI is InChI=1S/C50H79O2S.6FH.Sb/c1-3-5-7-9-11-13-15-17-19-21-23-25-27-32-44-51-46-36-40-49(41-37-46)53(48-34-30-29-31-35-48)50-42-38-47(39-43-50)52-45-33-28-26-24-22-20-18-16-14-12-10-8-6-4-2;;;;;;;/h29-31,34-43H,3-28,32-33,44-45H2,1-2H3;6*1H;/q+1;;;;;;;+5/p-6. The van der Waals surface area contributed by atoms with E-state index < -0.39 is 19.5 Å². The van der Waals surface area contributed by atoms with Gasteiger partial charge in [-0.1, -0.05) is 199 Å². The van der Waals surface area contributed by atoms with Crippen LogP contribution < -0.4 is 9.47 Å². The summed E-state index contributed by atoms with van der Waals surface area (Å²) in [6, 6.07) is 28.6. The Bertz CT molecular complexity index is 1350. The monoisotopic (exact) mass is 978 g/mol. The van der Waals surface area contributed by atoms with Gasteiger partial charge in [-0.25, -0.2) is 0 Å². The van der Waals surface area contributed by atoms with E-state index in [4.69, 9.17) is 9.47 Å². The average Bonchev–Trinajstić information content (AvgIpc) is 3.21. The average molecular weight is 980 g/mol. The van der Waals surface area contributed by atoms with E-state index in [0.717, 1.165) is 37.6 Å². The number of benzene rings is 3. The van der Waals surface area contributed by atoms with Gasteiger partial charge in [-0.15, -0.1) is 0 Å². The summed E-state index contributed by atoms with van der Waals surface area (Å²) >= 11 is -11.2. The van der Waals surface area contributed by atoms with Gasteiger partial charge in [-0.2, -0.15) is 0 Å². The van der Waals surface area contributed by atoms with Crippen molar-refractivity contribution in [1.29, 1.82) is 0 Å². The molecule has 2 nitrogen and oxygen atoms in total. The third kappa shape index (κ3) is 32.7. The Labute approximate surface area is 366 Å². The van der Waals surface area contributed by atoms with Gasteiger partial charge in [0.2, 0.25) is 0 Å². The van der Waals surface area contributed by atoms with Gasteiger partial charge in [0, 0.05) is 0 Å². The first kappa shape index (κ1) is 54.1. The van der Waals surface area contributed by atoms with Gasteiger partial charge in [-0.05, 0) is 73.5 Å². The van der Waals surface area contributed by atoms with Crippen LogP contribution in [0.5, 0.6) is 11.5 Å². The van der Waals surface area contributed by atoms with Gasteiger partial charge >= 0.3 is 36.4 Å². The predicted octanol–water partition coefficient (Wildman–Crippen LogP) is 18.6. The maximum absolute atomic E-state index is 11.2. The van der Waals surface area contributed by atoms with E-state index in [0.29, 0.717) is 0 Å². The van der Waals surface area contributed by atoms with E-state index in [1.165, 1.54) is 182 Å². The van der Waals surface area contributed by atoms with Crippen molar-refractivity contribution in [3.63, 3.8) is 0 Å². The molecule has 0 saturated heterocycles. The maximum atomic E-state index is 9.93. The molecule has 0 bridgehead atoms. The zero-order valence-electron chi connectivity index (χ0n) is 37.2. The van der Waals surface area contributed by atoms with Crippen molar-refractivity contribution in [3.8, 4) is 11.5 Å². The van der Waals surface area contributed by atoms with Crippen LogP contribution >= 0.6 is 0 Å². The van der Waals surface area contributed by atoms with Gasteiger partial charge in [0.25, 0.3) is 0 Å². The van der Waals surface area contributed by atoms with Gasteiger partial charge in [-0.3, -0.25) is 0 Å². The summed E-state index contributed by atoms with van der Waals surface area (Å²) in [6.45, 7) is 6.21. The van der Waals surface area contributed by atoms with Crippen LogP contribution in [-0.4, -0.2) is 32.7 Å². The summed E-state index contributed by atoms with van der Waals surface area (Å²) in [6.07, 6.45) is 38.7. The van der Waals surface area contributed by atoms with Crippen molar-refractivity contribution in [3.05, 3.63) is 78.9 Å². The van der Waals surface area contributed by atoms with Crippen molar-refractivity contribution in [2.75, 3.05) is 13.2 Å². The molecule has 3 aromatic carbocycles. The molecule has 0 radical (unpaired) electrons. The topological polar surface area (TPSA) is 18.5 Å². The molecule has 0 saturated carbocycles. The summed E-state index contributed by atoms with van der Waals surface area (Å²) in [7, 11) is -0.177. The van der Waals surface area contributed by atoms with Crippen molar-refractivity contribution < 1.29 is 26.4 Å². The van der Waals surface area contributed by atoms with Crippen molar-refractivity contribution in [2.24, 2.45) is 0 Å². The first-order chi connectivity index (χ1) is 28.8. The van der Waals surface area contributed by atoms with Crippen LogP contribution in [0.15, 0.2) is 93.5 Å². The molecule has 60 heavy (non-hydrogen) atoms. The van der Waals surface area contributed by atoms with Crippen LogP contribution in [-0.2, 0) is 10.9 Å². The fourth-order valence-electron chi connectivity index (χ4n) is 7.28. The second kappa shape index (κ2) is 31.0. The first-order valence-electron chi connectivity index (χ1n) is 23.6. The Kier molecular flexibility index (Phi) is 27.9. The van der Waals surface area contributed by atoms with Crippen molar-refractivity contribution in [2.45, 2.75) is 208 Å². The summed E-state index contributed by atoms with van der Waals surface area (Å²) in [5, 5.41) is 0. The van der Waals surface area contributed by atoms with Crippen LogP contribution in [0.3, 0.4) is 0 Å². The number of hydrogen-bond donors (Lipinski definition) is 0. The summed E-state index contributed by atoms with van der Waals surface area (Å²) < 4.78 is 71.9. The summed E-state index contributed by atoms with van der Waals surface area (Å²) in [5.41, 5.74) is 0. The zero-order valence-corrected chi connectivity index (χ0v) is 40.5. The second-order valence-corrected chi connectivity index (χ2v) is 23.9. The molecular formula is C50H79F6O2SSb. The predicted molar refractivity (Wildman–Crippen MR) is 246 cm³/mol. The minimum atomic E-state index is -11.2. The van der Waals surface area contributed by atoms with E-state index in [9.17, 15) is 16.9 Å². The Morgan fingerprint density at radius 3 is 0.833 bits per heavy atom. The molecular weight excluding hydrogens is 900 g/mol. The Morgan fingerprint density at radius 1 is 0.333 bits per heavy atom. The van der Waals surface area contributed by atoms with Gasteiger partial charge in [0.1, 0.15) is 11.5 Å². The van der Waals surface area contributed by atoms with Crippen LogP contribution in [0.4, 0.5) is 16.9 Å². The number of halogens is 6. The molecule has 3 aromatic rings. The molecule has 0 aliphatic heterocycles. The van der Waals surface area contributed by atoms with Gasteiger partial charge in [0.15, 0.2) is 14.7 Å². The minimum absolute atomic E-state index is 0.177. The molecule has 0 aliphatic carbocycles. The molecule has 0 atom stereocenters. The van der Waals surface area contributed by atoms with Crippen LogP contribution in [0.25, 0.3) is 0 Å².